The topological polar surface area (TPSA) is 120 Å². The Morgan fingerprint density at radius 1 is 1.00 bits per heavy atom. The minimum absolute atomic E-state index is 0.0365. The SMILES string of the molecule is C/C(=C\CO)CC/C=C(\C)CO[C@@H]1O[C@H](CO)[C@@H](O)[C@H](O)[C@H]1O. The van der Waals surface area contributed by atoms with Crippen molar-refractivity contribution in [3.05, 3.63) is 23.3 Å². The summed E-state index contributed by atoms with van der Waals surface area (Å²) in [5, 5.41) is 47.1. The molecule has 134 valence electrons. The lowest BCUT2D eigenvalue weighted by Gasteiger charge is -2.39. The van der Waals surface area contributed by atoms with E-state index in [1.165, 1.54) is 0 Å². The highest BCUT2D eigenvalue weighted by Crippen LogP contribution is 2.22. The lowest BCUT2D eigenvalue weighted by atomic mass is 9.99. The average Bonchev–Trinajstić information content (AvgIpc) is 2.52. The molecule has 5 atom stereocenters. The lowest BCUT2D eigenvalue weighted by molar-refractivity contribution is -0.299. The third-order valence-electron chi connectivity index (χ3n) is 3.79. The van der Waals surface area contributed by atoms with Gasteiger partial charge >= 0.3 is 0 Å². The standard InChI is InChI=1S/C16H28O7/c1-10(6-7-17)4-3-5-11(2)9-22-16-15(21)14(20)13(19)12(8-18)23-16/h5-6,12-21H,3-4,7-9H2,1-2H3/b10-6+,11-5+/t12-,13-,14+,15-,16-/m1/s1. The second kappa shape index (κ2) is 10.1. The molecular formula is C16H28O7. The van der Waals surface area contributed by atoms with Crippen LogP contribution in [0, 0.1) is 0 Å². The predicted molar refractivity (Wildman–Crippen MR) is 83.6 cm³/mol. The van der Waals surface area contributed by atoms with Gasteiger partial charge in [-0.05, 0) is 26.7 Å². The molecule has 0 saturated carbocycles. The largest absolute Gasteiger partial charge is 0.394 e. The van der Waals surface area contributed by atoms with Crippen LogP contribution in [0.15, 0.2) is 23.3 Å². The molecule has 1 fully saturated rings. The predicted octanol–water partition coefficient (Wildman–Crippen LogP) is -0.532. The van der Waals surface area contributed by atoms with Crippen molar-refractivity contribution in [2.45, 2.75) is 57.4 Å². The Labute approximate surface area is 136 Å². The lowest BCUT2D eigenvalue weighted by Crippen LogP contribution is -2.59. The summed E-state index contributed by atoms with van der Waals surface area (Å²) in [5.74, 6) is 0. The number of hydrogen-bond acceptors (Lipinski definition) is 7. The minimum Gasteiger partial charge on any atom is -0.394 e. The Balaban J connectivity index is 2.45. The fourth-order valence-corrected chi connectivity index (χ4v) is 2.28. The first kappa shape index (κ1) is 20.2. The summed E-state index contributed by atoms with van der Waals surface area (Å²) >= 11 is 0. The van der Waals surface area contributed by atoms with Crippen LogP contribution in [0.5, 0.6) is 0 Å². The molecule has 1 rings (SSSR count). The van der Waals surface area contributed by atoms with Gasteiger partial charge in [-0.1, -0.05) is 23.3 Å². The van der Waals surface area contributed by atoms with E-state index in [1.54, 1.807) is 6.08 Å². The van der Waals surface area contributed by atoms with E-state index in [2.05, 4.69) is 0 Å². The van der Waals surface area contributed by atoms with E-state index in [-0.39, 0.29) is 13.2 Å². The van der Waals surface area contributed by atoms with Gasteiger partial charge in [-0.15, -0.1) is 0 Å². The smallest absolute Gasteiger partial charge is 0.187 e. The van der Waals surface area contributed by atoms with E-state index in [1.807, 2.05) is 19.9 Å². The third-order valence-corrected chi connectivity index (χ3v) is 3.79. The molecule has 5 N–H and O–H groups in total. The fourth-order valence-electron chi connectivity index (χ4n) is 2.28. The first-order valence-electron chi connectivity index (χ1n) is 7.75. The van der Waals surface area contributed by atoms with Crippen molar-refractivity contribution in [1.29, 1.82) is 0 Å². The van der Waals surface area contributed by atoms with Crippen molar-refractivity contribution in [3.8, 4) is 0 Å². The number of allylic oxidation sites excluding steroid dienone is 2. The van der Waals surface area contributed by atoms with Gasteiger partial charge in [0.2, 0.25) is 0 Å². The van der Waals surface area contributed by atoms with Gasteiger partial charge in [0, 0.05) is 0 Å². The van der Waals surface area contributed by atoms with Crippen LogP contribution in [0.4, 0.5) is 0 Å². The second-order valence-electron chi connectivity index (χ2n) is 5.83. The number of hydrogen-bond donors (Lipinski definition) is 5. The first-order chi connectivity index (χ1) is 10.9. The summed E-state index contributed by atoms with van der Waals surface area (Å²) in [6, 6.07) is 0. The molecule has 0 radical (unpaired) electrons. The van der Waals surface area contributed by atoms with Crippen LogP contribution in [-0.4, -0.2) is 76.1 Å². The molecule has 1 aliphatic heterocycles. The van der Waals surface area contributed by atoms with Crippen molar-refractivity contribution in [2.75, 3.05) is 19.8 Å². The summed E-state index contributed by atoms with van der Waals surface area (Å²) in [6.45, 7) is 3.58. The maximum Gasteiger partial charge on any atom is 0.187 e. The van der Waals surface area contributed by atoms with Crippen LogP contribution in [0.3, 0.4) is 0 Å². The van der Waals surface area contributed by atoms with Crippen LogP contribution in [-0.2, 0) is 9.47 Å². The first-order valence-corrected chi connectivity index (χ1v) is 7.75. The monoisotopic (exact) mass is 332 g/mol. The Bertz CT molecular complexity index is 405. The summed E-state index contributed by atoms with van der Waals surface area (Å²) < 4.78 is 10.7. The van der Waals surface area contributed by atoms with Gasteiger partial charge in [-0.2, -0.15) is 0 Å². The number of aliphatic hydroxyl groups excluding tert-OH is 5. The van der Waals surface area contributed by atoms with E-state index in [0.29, 0.717) is 0 Å². The highest BCUT2D eigenvalue weighted by molar-refractivity contribution is 5.04. The highest BCUT2D eigenvalue weighted by Gasteiger charge is 2.43. The summed E-state index contributed by atoms with van der Waals surface area (Å²) in [5.41, 5.74) is 2.03. The molecule has 7 heteroatoms. The molecule has 1 heterocycles. The number of ether oxygens (including phenoxy) is 2. The molecule has 0 unspecified atom stereocenters. The summed E-state index contributed by atoms with van der Waals surface area (Å²) in [6.07, 6.45) is -0.889. The molecular weight excluding hydrogens is 304 g/mol. The summed E-state index contributed by atoms with van der Waals surface area (Å²) in [7, 11) is 0. The Morgan fingerprint density at radius 3 is 2.30 bits per heavy atom. The van der Waals surface area contributed by atoms with Crippen molar-refractivity contribution < 1.29 is 35.0 Å². The van der Waals surface area contributed by atoms with Crippen LogP contribution in [0.1, 0.15) is 26.7 Å². The molecule has 0 aromatic heterocycles. The van der Waals surface area contributed by atoms with Crippen LogP contribution >= 0.6 is 0 Å². The molecule has 23 heavy (non-hydrogen) atoms. The number of aliphatic hydroxyl groups is 5. The van der Waals surface area contributed by atoms with Gasteiger partial charge in [-0.25, -0.2) is 0 Å². The normalized spacial score (nSPS) is 33.1. The molecule has 7 nitrogen and oxygen atoms in total. The molecule has 0 amide bonds. The zero-order chi connectivity index (χ0) is 17.4. The van der Waals surface area contributed by atoms with Crippen molar-refractivity contribution in [2.24, 2.45) is 0 Å². The molecule has 1 aliphatic rings. The Hall–Kier alpha value is -0.800. The molecule has 0 bridgehead atoms. The summed E-state index contributed by atoms with van der Waals surface area (Å²) in [4.78, 5) is 0. The maximum atomic E-state index is 9.85. The number of rotatable bonds is 8. The van der Waals surface area contributed by atoms with E-state index in [0.717, 1.165) is 24.0 Å². The second-order valence-corrected chi connectivity index (χ2v) is 5.83. The maximum absolute atomic E-state index is 9.85. The van der Waals surface area contributed by atoms with Gasteiger partial charge in [-0.3, -0.25) is 0 Å². The van der Waals surface area contributed by atoms with Crippen molar-refractivity contribution in [3.63, 3.8) is 0 Å². The van der Waals surface area contributed by atoms with Crippen LogP contribution in [0.25, 0.3) is 0 Å². The zero-order valence-electron chi connectivity index (χ0n) is 13.6. The van der Waals surface area contributed by atoms with Crippen LogP contribution in [0.2, 0.25) is 0 Å². The van der Waals surface area contributed by atoms with Crippen molar-refractivity contribution >= 4 is 0 Å². The van der Waals surface area contributed by atoms with E-state index in [4.69, 9.17) is 19.7 Å². The van der Waals surface area contributed by atoms with Gasteiger partial charge in [0.25, 0.3) is 0 Å². The molecule has 0 aliphatic carbocycles. The van der Waals surface area contributed by atoms with E-state index >= 15 is 0 Å². The van der Waals surface area contributed by atoms with E-state index < -0.39 is 37.3 Å². The molecule has 0 aromatic rings. The quantitative estimate of drug-likeness (QED) is 0.379. The Kier molecular flexibility index (Phi) is 8.93. The zero-order valence-corrected chi connectivity index (χ0v) is 13.6. The fraction of sp³-hybridized carbons (Fsp3) is 0.750. The van der Waals surface area contributed by atoms with Gasteiger partial charge < -0.3 is 35.0 Å². The average molecular weight is 332 g/mol. The molecule has 1 saturated heterocycles. The van der Waals surface area contributed by atoms with Gasteiger partial charge in [0.1, 0.15) is 24.4 Å². The van der Waals surface area contributed by atoms with Crippen LogP contribution < -0.4 is 0 Å². The molecule has 0 spiro atoms. The minimum atomic E-state index is -1.43. The van der Waals surface area contributed by atoms with E-state index in [9.17, 15) is 15.3 Å². The Morgan fingerprint density at radius 2 is 1.70 bits per heavy atom. The molecule has 0 aromatic carbocycles. The van der Waals surface area contributed by atoms with Gasteiger partial charge in [0.05, 0.1) is 19.8 Å². The third kappa shape index (κ3) is 6.31. The van der Waals surface area contributed by atoms with Crippen molar-refractivity contribution in [1.82, 2.24) is 0 Å². The van der Waals surface area contributed by atoms with Gasteiger partial charge in [0.15, 0.2) is 6.29 Å². The highest BCUT2D eigenvalue weighted by atomic mass is 16.7.